The summed E-state index contributed by atoms with van der Waals surface area (Å²) in [7, 11) is 0. The zero-order chi connectivity index (χ0) is 20.9. The van der Waals surface area contributed by atoms with Crippen molar-refractivity contribution in [2.24, 2.45) is 5.92 Å². The van der Waals surface area contributed by atoms with E-state index in [0.717, 1.165) is 6.42 Å². The summed E-state index contributed by atoms with van der Waals surface area (Å²) in [6.45, 7) is 5.20. The van der Waals surface area contributed by atoms with Gasteiger partial charge in [-0.1, -0.05) is 39.0 Å². The van der Waals surface area contributed by atoms with Gasteiger partial charge in [0.05, 0.1) is 6.54 Å². The Morgan fingerprint density at radius 3 is 2.29 bits per heavy atom. The Morgan fingerprint density at radius 2 is 1.68 bits per heavy atom. The van der Waals surface area contributed by atoms with Crippen LogP contribution in [0.2, 0.25) is 0 Å². The SMILES string of the molecule is CCCNC(=O)CNC(=O)COC(=O)[C@H](NC(=O)Nc1ccccc1)C(C)C. The molecule has 0 aliphatic rings. The van der Waals surface area contributed by atoms with Crippen molar-refractivity contribution in [2.45, 2.75) is 33.2 Å². The molecule has 9 heteroatoms. The second kappa shape index (κ2) is 12.3. The molecule has 0 heterocycles. The minimum atomic E-state index is -0.927. The molecule has 1 aromatic carbocycles. The molecule has 0 spiro atoms. The molecule has 0 saturated heterocycles. The summed E-state index contributed by atoms with van der Waals surface area (Å²) in [5, 5.41) is 10.1. The van der Waals surface area contributed by atoms with Crippen LogP contribution in [-0.4, -0.2) is 49.6 Å². The maximum atomic E-state index is 12.2. The molecule has 0 radical (unpaired) electrons. The van der Waals surface area contributed by atoms with E-state index in [2.05, 4.69) is 21.3 Å². The monoisotopic (exact) mass is 392 g/mol. The van der Waals surface area contributed by atoms with Crippen molar-refractivity contribution in [1.82, 2.24) is 16.0 Å². The molecule has 154 valence electrons. The van der Waals surface area contributed by atoms with E-state index in [0.29, 0.717) is 12.2 Å². The van der Waals surface area contributed by atoms with Crippen LogP contribution in [0, 0.1) is 5.92 Å². The van der Waals surface area contributed by atoms with Gasteiger partial charge in [-0.15, -0.1) is 0 Å². The molecule has 0 aliphatic heterocycles. The summed E-state index contributed by atoms with van der Waals surface area (Å²) in [6, 6.07) is 7.29. The zero-order valence-electron chi connectivity index (χ0n) is 16.4. The van der Waals surface area contributed by atoms with Crippen molar-refractivity contribution in [2.75, 3.05) is 25.0 Å². The highest BCUT2D eigenvalue weighted by Crippen LogP contribution is 2.07. The van der Waals surface area contributed by atoms with Crippen molar-refractivity contribution in [1.29, 1.82) is 0 Å². The molecule has 4 amide bonds. The van der Waals surface area contributed by atoms with E-state index in [1.165, 1.54) is 0 Å². The molecule has 9 nitrogen and oxygen atoms in total. The molecule has 1 rings (SSSR count). The molecule has 0 saturated carbocycles. The van der Waals surface area contributed by atoms with Crippen LogP contribution in [0.5, 0.6) is 0 Å². The van der Waals surface area contributed by atoms with E-state index in [1.54, 1.807) is 38.1 Å². The van der Waals surface area contributed by atoms with Gasteiger partial charge >= 0.3 is 12.0 Å². The van der Waals surface area contributed by atoms with Crippen LogP contribution < -0.4 is 21.3 Å². The Bertz CT molecular complexity index is 664. The number of carbonyl (C=O) groups excluding carboxylic acids is 4. The van der Waals surface area contributed by atoms with Gasteiger partial charge in [-0.3, -0.25) is 9.59 Å². The molecule has 0 bridgehead atoms. The van der Waals surface area contributed by atoms with E-state index < -0.39 is 30.6 Å². The highest BCUT2D eigenvalue weighted by molar-refractivity contribution is 5.93. The molecule has 0 aromatic heterocycles. The lowest BCUT2D eigenvalue weighted by Gasteiger charge is -2.21. The van der Waals surface area contributed by atoms with Gasteiger partial charge in [0, 0.05) is 12.2 Å². The predicted octanol–water partition coefficient (Wildman–Crippen LogP) is 1.02. The summed E-state index contributed by atoms with van der Waals surface area (Å²) in [6.07, 6.45) is 0.790. The number of hydrogen-bond acceptors (Lipinski definition) is 5. The van der Waals surface area contributed by atoms with Gasteiger partial charge in [-0.05, 0) is 24.5 Å². The minimum absolute atomic E-state index is 0.193. The van der Waals surface area contributed by atoms with Gasteiger partial charge in [-0.2, -0.15) is 0 Å². The fourth-order valence-corrected chi connectivity index (χ4v) is 2.11. The lowest BCUT2D eigenvalue weighted by atomic mass is 10.1. The number of esters is 1. The lowest BCUT2D eigenvalue weighted by Crippen LogP contribution is -2.48. The predicted molar refractivity (Wildman–Crippen MR) is 104 cm³/mol. The Hall–Kier alpha value is -3.10. The number of benzene rings is 1. The number of amides is 4. The van der Waals surface area contributed by atoms with Crippen LogP contribution in [0.3, 0.4) is 0 Å². The second-order valence-corrected chi connectivity index (χ2v) is 6.42. The normalized spacial score (nSPS) is 11.3. The number of urea groups is 1. The molecular weight excluding hydrogens is 364 g/mol. The second-order valence-electron chi connectivity index (χ2n) is 6.42. The minimum Gasteiger partial charge on any atom is -0.454 e. The van der Waals surface area contributed by atoms with Crippen LogP contribution in [0.15, 0.2) is 30.3 Å². The molecule has 4 N–H and O–H groups in total. The van der Waals surface area contributed by atoms with E-state index in [1.807, 2.05) is 13.0 Å². The fraction of sp³-hybridized carbons (Fsp3) is 0.474. The summed E-state index contributed by atoms with van der Waals surface area (Å²) in [5.41, 5.74) is 0.580. The highest BCUT2D eigenvalue weighted by Gasteiger charge is 2.26. The van der Waals surface area contributed by atoms with Crippen molar-refractivity contribution in [3.8, 4) is 0 Å². The maximum absolute atomic E-state index is 12.2. The smallest absolute Gasteiger partial charge is 0.329 e. The number of nitrogens with one attached hydrogen (secondary N) is 4. The Balaban J connectivity index is 2.44. The molecule has 0 unspecified atom stereocenters. The number of hydrogen-bond donors (Lipinski definition) is 4. The number of rotatable bonds is 10. The molecular formula is C19H28N4O5. The van der Waals surface area contributed by atoms with E-state index >= 15 is 0 Å². The van der Waals surface area contributed by atoms with Crippen LogP contribution in [-0.2, 0) is 19.1 Å². The third-order valence-corrected chi connectivity index (χ3v) is 3.60. The third kappa shape index (κ3) is 9.02. The molecule has 0 fully saturated rings. The first-order chi connectivity index (χ1) is 13.3. The Morgan fingerprint density at radius 1 is 1.00 bits per heavy atom. The summed E-state index contributed by atoms with van der Waals surface area (Å²) >= 11 is 0. The average molecular weight is 392 g/mol. The summed E-state index contributed by atoms with van der Waals surface area (Å²) in [5.74, 6) is -1.90. The van der Waals surface area contributed by atoms with Gasteiger partial charge in [0.1, 0.15) is 6.04 Å². The molecule has 0 aliphatic carbocycles. The molecule has 1 aromatic rings. The summed E-state index contributed by atoms with van der Waals surface area (Å²) in [4.78, 5) is 47.5. The average Bonchev–Trinajstić information content (AvgIpc) is 2.67. The van der Waals surface area contributed by atoms with Crippen LogP contribution >= 0.6 is 0 Å². The van der Waals surface area contributed by atoms with Crippen molar-refractivity contribution < 1.29 is 23.9 Å². The van der Waals surface area contributed by atoms with Crippen molar-refractivity contribution in [3.63, 3.8) is 0 Å². The topological polar surface area (TPSA) is 126 Å². The first-order valence-corrected chi connectivity index (χ1v) is 9.16. The quantitative estimate of drug-likeness (QED) is 0.442. The van der Waals surface area contributed by atoms with Crippen molar-refractivity contribution >= 4 is 29.5 Å². The van der Waals surface area contributed by atoms with Gasteiger partial charge in [0.2, 0.25) is 5.91 Å². The Labute approximate surface area is 164 Å². The number of ether oxygens (including phenoxy) is 1. The largest absolute Gasteiger partial charge is 0.454 e. The Kier molecular flexibility index (Phi) is 10.1. The molecule has 1 atom stereocenters. The van der Waals surface area contributed by atoms with Crippen LogP contribution in [0.4, 0.5) is 10.5 Å². The summed E-state index contributed by atoms with van der Waals surface area (Å²) < 4.78 is 4.97. The van der Waals surface area contributed by atoms with Gasteiger partial charge < -0.3 is 26.0 Å². The van der Waals surface area contributed by atoms with Crippen LogP contribution in [0.25, 0.3) is 0 Å². The lowest BCUT2D eigenvalue weighted by molar-refractivity contribution is -0.151. The standard InChI is InChI=1S/C19H28N4O5/c1-4-10-20-15(24)11-21-16(25)12-28-18(26)17(13(2)3)23-19(27)22-14-8-6-5-7-9-14/h5-9,13,17H,4,10-12H2,1-3H3,(H,20,24)(H,21,25)(H2,22,23,27)/t17-/m1/s1. The number of anilines is 1. The van der Waals surface area contributed by atoms with E-state index in [4.69, 9.17) is 4.74 Å². The first-order valence-electron chi connectivity index (χ1n) is 9.16. The van der Waals surface area contributed by atoms with E-state index in [9.17, 15) is 19.2 Å². The van der Waals surface area contributed by atoms with Crippen molar-refractivity contribution in [3.05, 3.63) is 30.3 Å². The zero-order valence-corrected chi connectivity index (χ0v) is 16.4. The first kappa shape index (κ1) is 22.9. The number of carbonyl (C=O) groups is 4. The van der Waals surface area contributed by atoms with Crippen LogP contribution in [0.1, 0.15) is 27.2 Å². The maximum Gasteiger partial charge on any atom is 0.329 e. The number of para-hydroxylation sites is 1. The highest BCUT2D eigenvalue weighted by atomic mass is 16.5. The van der Waals surface area contributed by atoms with E-state index in [-0.39, 0.29) is 18.4 Å². The van der Waals surface area contributed by atoms with Gasteiger partial charge in [0.15, 0.2) is 6.61 Å². The third-order valence-electron chi connectivity index (χ3n) is 3.60. The fourth-order valence-electron chi connectivity index (χ4n) is 2.11. The van der Waals surface area contributed by atoms with Gasteiger partial charge in [0.25, 0.3) is 5.91 Å². The van der Waals surface area contributed by atoms with Gasteiger partial charge in [-0.25, -0.2) is 9.59 Å². The molecule has 28 heavy (non-hydrogen) atoms.